The second-order valence-electron chi connectivity index (χ2n) is 11.9. The number of fused-ring (bicyclic) bond motifs is 6. The molecule has 5 atom stereocenters. The minimum absolute atomic E-state index is 0.169. The van der Waals surface area contributed by atoms with E-state index in [4.69, 9.17) is 4.37 Å². The van der Waals surface area contributed by atoms with Crippen molar-refractivity contribution in [3.05, 3.63) is 35.4 Å². The van der Waals surface area contributed by atoms with Gasteiger partial charge in [-0.15, -0.1) is 0 Å². The summed E-state index contributed by atoms with van der Waals surface area (Å²) in [4.78, 5) is 5.06. The van der Waals surface area contributed by atoms with Gasteiger partial charge in [0.1, 0.15) is 5.82 Å². The van der Waals surface area contributed by atoms with Crippen molar-refractivity contribution in [1.29, 1.82) is 0 Å². The Kier molecular flexibility index (Phi) is 6.09. The van der Waals surface area contributed by atoms with Gasteiger partial charge in [0.05, 0.1) is 4.70 Å². The van der Waals surface area contributed by atoms with E-state index in [0.717, 1.165) is 68.9 Å². The van der Waals surface area contributed by atoms with Crippen LogP contribution in [0.4, 0.5) is 5.82 Å². The molecule has 2 aromatic heterocycles. The second-order valence-corrected chi connectivity index (χ2v) is 12.7. The van der Waals surface area contributed by atoms with Gasteiger partial charge in [-0.1, -0.05) is 25.0 Å². The predicted octanol–water partition coefficient (Wildman–Crippen LogP) is 4.72. The molecule has 3 N–H and O–H groups in total. The fourth-order valence-electron chi connectivity index (χ4n) is 8.06. The molecule has 8 heteroatoms. The lowest BCUT2D eigenvalue weighted by atomic mass is 9.78. The van der Waals surface area contributed by atoms with E-state index in [1.807, 2.05) is 4.57 Å². The van der Waals surface area contributed by atoms with Gasteiger partial charge in [0.2, 0.25) is 0 Å². The van der Waals surface area contributed by atoms with E-state index in [9.17, 15) is 15.3 Å². The molecule has 0 amide bonds. The number of hydrogen-bond donors (Lipinski definition) is 3. The molecular formula is C29H38N4O3S. The van der Waals surface area contributed by atoms with Gasteiger partial charge >= 0.3 is 0 Å². The molecule has 7 nitrogen and oxygen atoms in total. The number of nitrogens with zero attached hydrogens (tertiary/aromatic N) is 4. The number of rotatable bonds is 6. The molecule has 0 spiro atoms. The van der Waals surface area contributed by atoms with Crippen molar-refractivity contribution in [2.24, 2.45) is 17.8 Å². The van der Waals surface area contributed by atoms with Crippen LogP contribution in [0, 0.1) is 17.8 Å². The first-order valence-corrected chi connectivity index (χ1v) is 15.0. The van der Waals surface area contributed by atoms with Crippen LogP contribution < -0.4 is 4.90 Å². The van der Waals surface area contributed by atoms with Gasteiger partial charge in [-0.2, -0.15) is 4.37 Å². The summed E-state index contributed by atoms with van der Waals surface area (Å²) < 4.78 is 7.84. The molecule has 3 heterocycles. The summed E-state index contributed by atoms with van der Waals surface area (Å²) in [5, 5.41) is 33.4. The highest BCUT2D eigenvalue weighted by Crippen LogP contribution is 2.62. The lowest BCUT2D eigenvalue weighted by Crippen LogP contribution is -2.49. The molecule has 4 aliphatic rings. The van der Waals surface area contributed by atoms with Gasteiger partial charge < -0.3 is 20.2 Å². The Balaban J connectivity index is 1.03. The highest BCUT2D eigenvalue weighted by atomic mass is 32.1. The molecule has 3 fully saturated rings. The van der Waals surface area contributed by atoms with Crippen LogP contribution in [0.15, 0.2) is 24.3 Å². The van der Waals surface area contributed by atoms with E-state index < -0.39 is 0 Å². The molecule has 198 valence electrons. The summed E-state index contributed by atoms with van der Waals surface area (Å²) in [5.74, 6) is 3.46. The summed E-state index contributed by atoms with van der Waals surface area (Å²) in [5.41, 5.74) is 1.91. The number of aliphatic hydroxyl groups is 1. The lowest BCUT2D eigenvalue weighted by molar-refractivity contribution is 0.130. The smallest absolute Gasteiger partial charge is 0.197 e. The van der Waals surface area contributed by atoms with Crippen molar-refractivity contribution < 1.29 is 15.3 Å². The summed E-state index contributed by atoms with van der Waals surface area (Å²) in [6.45, 7) is 6.07. The zero-order chi connectivity index (χ0) is 25.1. The molecule has 1 unspecified atom stereocenters. The molecule has 3 aliphatic carbocycles. The van der Waals surface area contributed by atoms with Crippen molar-refractivity contribution in [3.63, 3.8) is 0 Å². The Labute approximate surface area is 222 Å². The van der Waals surface area contributed by atoms with Crippen molar-refractivity contribution in [3.8, 4) is 11.8 Å². The quantitative estimate of drug-likeness (QED) is 0.434. The van der Waals surface area contributed by atoms with Gasteiger partial charge in [-0.25, -0.2) is 0 Å². The van der Waals surface area contributed by atoms with Gasteiger partial charge in [0.25, 0.3) is 0 Å². The van der Waals surface area contributed by atoms with Gasteiger partial charge in [0, 0.05) is 62.4 Å². The number of piperazine rings is 1. The molecule has 2 bridgehead atoms. The molecule has 2 saturated carbocycles. The fraction of sp³-hybridized carbons (Fsp3) is 0.621. The number of benzene rings is 1. The Hall–Kier alpha value is -2.29. The maximum absolute atomic E-state index is 11.2. The summed E-state index contributed by atoms with van der Waals surface area (Å²) in [6.07, 6.45) is 6.78. The molecule has 1 saturated heterocycles. The van der Waals surface area contributed by atoms with Crippen LogP contribution in [0.2, 0.25) is 0 Å². The van der Waals surface area contributed by atoms with Crippen LogP contribution >= 0.6 is 11.5 Å². The van der Waals surface area contributed by atoms with Crippen LogP contribution in [-0.2, 0) is 6.54 Å². The van der Waals surface area contributed by atoms with Crippen molar-refractivity contribution in [2.75, 3.05) is 44.2 Å². The summed E-state index contributed by atoms with van der Waals surface area (Å²) in [6, 6.07) is 8.52. The van der Waals surface area contributed by atoms with Crippen LogP contribution in [0.5, 0.6) is 11.8 Å². The van der Waals surface area contributed by atoms with Gasteiger partial charge in [-0.3, -0.25) is 9.47 Å². The first-order chi connectivity index (χ1) is 18.1. The normalized spacial score (nSPS) is 29.9. The number of aliphatic hydroxyl groups excluding tert-OH is 1. The van der Waals surface area contributed by atoms with Crippen LogP contribution in [0.3, 0.4) is 0 Å². The topological polar surface area (TPSA) is 85.0 Å². The van der Waals surface area contributed by atoms with Crippen LogP contribution in [-0.4, -0.2) is 68.5 Å². The van der Waals surface area contributed by atoms with Crippen LogP contribution in [0.1, 0.15) is 61.5 Å². The monoisotopic (exact) mass is 522 g/mol. The summed E-state index contributed by atoms with van der Waals surface area (Å²) in [7, 11) is 0. The molecular weight excluding hydrogens is 484 g/mol. The minimum Gasteiger partial charge on any atom is -0.494 e. The first kappa shape index (κ1) is 23.8. The first-order valence-electron chi connectivity index (χ1n) is 14.2. The minimum atomic E-state index is 0.169. The number of anilines is 1. The maximum atomic E-state index is 11.2. The lowest BCUT2D eigenvalue weighted by Gasteiger charge is -2.40. The van der Waals surface area contributed by atoms with Gasteiger partial charge in [-0.05, 0) is 78.9 Å². The average molecular weight is 523 g/mol. The zero-order valence-corrected chi connectivity index (χ0v) is 22.2. The number of aromatic nitrogens is 2. The van der Waals surface area contributed by atoms with Crippen molar-refractivity contribution >= 4 is 27.4 Å². The highest BCUT2D eigenvalue weighted by molar-refractivity contribution is 7.13. The van der Waals surface area contributed by atoms with E-state index in [0.29, 0.717) is 24.3 Å². The number of aromatic hydroxyl groups is 2. The Morgan fingerprint density at radius 1 is 0.865 bits per heavy atom. The second kappa shape index (κ2) is 9.47. The van der Waals surface area contributed by atoms with E-state index >= 15 is 0 Å². The zero-order valence-electron chi connectivity index (χ0n) is 21.4. The highest BCUT2D eigenvalue weighted by Gasteiger charge is 2.49. The van der Waals surface area contributed by atoms with E-state index in [2.05, 4.69) is 34.1 Å². The SMILES string of the molecule is OCC1C[C@@H]2C[C@H]1c1c2c(O)n(C[C@@H]2CCCC[C@H]2CN2CCN(c3nsc4ccccc34)CC2)c1O. The molecule has 1 aromatic carbocycles. The third kappa shape index (κ3) is 3.94. The molecule has 7 rings (SSSR count). The maximum Gasteiger partial charge on any atom is 0.197 e. The fourth-order valence-corrected chi connectivity index (χ4v) is 8.86. The van der Waals surface area contributed by atoms with E-state index in [-0.39, 0.29) is 30.2 Å². The molecule has 3 aromatic rings. The third-order valence-corrected chi connectivity index (χ3v) is 10.8. The van der Waals surface area contributed by atoms with Crippen molar-refractivity contribution in [2.45, 2.75) is 56.9 Å². The molecule has 0 radical (unpaired) electrons. The van der Waals surface area contributed by atoms with Gasteiger partial charge in [0.15, 0.2) is 11.8 Å². The molecule has 1 aliphatic heterocycles. The Morgan fingerprint density at radius 3 is 2.38 bits per heavy atom. The molecule has 37 heavy (non-hydrogen) atoms. The average Bonchev–Trinajstić information content (AvgIpc) is 3.69. The standard InChI is InChI=1S/C29H38N4O3S/c34-17-21-13-20-14-23(21)26-25(20)28(35)33(29(26)36)16-19-6-2-1-5-18(19)15-31-9-11-32(12-10-31)27-22-7-3-4-8-24(22)37-30-27/h3-4,7-8,18-21,23,34-36H,1-2,5-6,9-17H2/t18-,19-,20+,21?,23+/m0/s1. The van der Waals surface area contributed by atoms with E-state index in [1.54, 1.807) is 11.5 Å². The largest absolute Gasteiger partial charge is 0.494 e. The van der Waals surface area contributed by atoms with Crippen LogP contribution in [0.25, 0.3) is 10.1 Å². The Bertz CT molecular complexity index is 1280. The van der Waals surface area contributed by atoms with E-state index in [1.165, 1.54) is 29.3 Å². The summed E-state index contributed by atoms with van der Waals surface area (Å²) >= 11 is 1.59. The number of hydrogen-bond acceptors (Lipinski definition) is 7. The van der Waals surface area contributed by atoms with Crippen molar-refractivity contribution in [1.82, 2.24) is 13.8 Å². The predicted molar refractivity (Wildman–Crippen MR) is 147 cm³/mol. The Morgan fingerprint density at radius 2 is 1.59 bits per heavy atom. The third-order valence-electron chi connectivity index (χ3n) is 10.00.